The summed E-state index contributed by atoms with van der Waals surface area (Å²) in [4.78, 5) is 4.02. The van der Waals surface area contributed by atoms with E-state index in [9.17, 15) is 0 Å². The van der Waals surface area contributed by atoms with E-state index in [1.165, 1.54) is 5.69 Å². The number of aromatic nitrogens is 3. The monoisotopic (exact) mass is 218 g/mol. The molecule has 2 heterocycles. The molecule has 2 rings (SSSR count). The molecule has 0 aliphatic heterocycles. The van der Waals surface area contributed by atoms with Crippen molar-refractivity contribution < 1.29 is 0 Å². The van der Waals surface area contributed by atoms with Gasteiger partial charge in [-0.1, -0.05) is 0 Å². The summed E-state index contributed by atoms with van der Waals surface area (Å²) in [5.41, 5.74) is 7.09. The summed E-state index contributed by atoms with van der Waals surface area (Å²) in [6, 6.07) is 4.24. The van der Waals surface area contributed by atoms with Gasteiger partial charge in [-0.15, -0.1) is 0 Å². The molecule has 2 N–H and O–H groups in total. The largest absolute Gasteiger partial charge is 0.350 e. The Morgan fingerprint density at radius 2 is 2.25 bits per heavy atom. The van der Waals surface area contributed by atoms with Gasteiger partial charge < -0.3 is 14.9 Å². The van der Waals surface area contributed by atoms with Gasteiger partial charge in [0.05, 0.1) is 6.33 Å². The van der Waals surface area contributed by atoms with Crippen LogP contribution < -0.4 is 5.73 Å². The van der Waals surface area contributed by atoms with Crippen molar-refractivity contribution in [1.29, 1.82) is 0 Å². The summed E-state index contributed by atoms with van der Waals surface area (Å²) in [6.07, 6.45) is 8.82. The Labute approximate surface area is 95.7 Å². The molecule has 4 nitrogen and oxygen atoms in total. The van der Waals surface area contributed by atoms with Crippen LogP contribution in [0.4, 0.5) is 0 Å². The minimum Gasteiger partial charge on any atom is -0.350 e. The van der Waals surface area contributed by atoms with Crippen LogP contribution >= 0.6 is 0 Å². The molecule has 0 aliphatic carbocycles. The second-order valence-corrected chi connectivity index (χ2v) is 4.07. The number of aryl methyl sites for hydroxylation is 2. The first-order chi connectivity index (χ1) is 7.77. The molecule has 2 aromatic heterocycles. The molecule has 4 heteroatoms. The zero-order valence-corrected chi connectivity index (χ0v) is 9.58. The Hall–Kier alpha value is -1.55. The third-order valence-corrected chi connectivity index (χ3v) is 2.71. The van der Waals surface area contributed by atoms with Gasteiger partial charge in [-0.05, 0) is 25.5 Å². The quantitative estimate of drug-likeness (QED) is 0.831. The lowest BCUT2D eigenvalue weighted by Gasteiger charge is -2.11. The average molecular weight is 218 g/mol. The zero-order valence-electron chi connectivity index (χ0n) is 9.58. The van der Waals surface area contributed by atoms with Crippen molar-refractivity contribution in [1.82, 2.24) is 14.1 Å². The molecule has 0 saturated heterocycles. The highest BCUT2D eigenvalue weighted by Crippen LogP contribution is 2.11. The molecule has 0 saturated carbocycles. The fraction of sp³-hybridized carbons (Fsp3) is 0.417. The van der Waals surface area contributed by atoms with Crippen molar-refractivity contribution in [3.63, 3.8) is 0 Å². The van der Waals surface area contributed by atoms with Crippen molar-refractivity contribution >= 4 is 0 Å². The Morgan fingerprint density at radius 3 is 2.94 bits per heavy atom. The van der Waals surface area contributed by atoms with E-state index in [0.717, 1.165) is 19.5 Å². The summed E-state index contributed by atoms with van der Waals surface area (Å²) in [5.74, 6) is 0. The molecule has 16 heavy (non-hydrogen) atoms. The fourth-order valence-corrected chi connectivity index (χ4v) is 1.89. The van der Waals surface area contributed by atoms with Gasteiger partial charge in [0.15, 0.2) is 0 Å². The predicted molar refractivity (Wildman–Crippen MR) is 63.9 cm³/mol. The fourth-order valence-electron chi connectivity index (χ4n) is 1.89. The van der Waals surface area contributed by atoms with Crippen LogP contribution in [0.25, 0.3) is 0 Å². The smallest absolute Gasteiger partial charge is 0.0945 e. The van der Waals surface area contributed by atoms with E-state index in [1.54, 1.807) is 0 Å². The molecule has 0 spiro atoms. The summed E-state index contributed by atoms with van der Waals surface area (Å²) in [7, 11) is 0. The topological polar surface area (TPSA) is 48.8 Å². The zero-order chi connectivity index (χ0) is 11.4. The maximum absolute atomic E-state index is 5.89. The number of hydrogen-bond donors (Lipinski definition) is 1. The van der Waals surface area contributed by atoms with Crippen molar-refractivity contribution in [3.05, 3.63) is 42.7 Å². The Morgan fingerprint density at radius 1 is 1.38 bits per heavy atom. The van der Waals surface area contributed by atoms with Crippen molar-refractivity contribution in [2.45, 2.75) is 32.5 Å². The lowest BCUT2D eigenvalue weighted by atomic mass is 10.2. The average Bonchev–Trinajstić information content (AvgIpc) is 2.87. The van der Waals surface area contributed by atoms with E-state index >= 15 is 0 Å². The standard InChI is InChI=1S/C12H18N4/c1-11(13)12-4-2-7-16(12)8-3-6-15-9-5-14-10-15/h2,4-5,7,9-11H,3,6,8,13H2,1H3. The Kier molecular flexibility index (Phi) is 3.41. The summed E-state index contributed by atoms with van der Waals surface area (Å²) >= 11 is 0. The molecule has 1 atom stereocenters. The second kappa shape index (κ2) is 4.99. The molecule has 0 aliphatic rings. The van der Waals surface area contributed by atoms with Crippen LogP contribution in [-0.2, 0) is 13.1 Å². The minimum absolute atomic E-state index is 0.100. The van der Waals surface area contributed by atoms with E-state index in [0.29, 0.717) is 0 Å². The third-order valence-electron chi connectivity index (χ3n) is 2.71. The van der Waals surface area contributed by atoms with Gasteiger partial charge in [0.1, 0.15) is 0 Å². The van der Waals surface area contributed by atoms with E-state index in [2.05, 4.69) is 32.4 Å². The number of nitrogens with two attached hydrogens (primary N) is 1. The van der Waals surface area contributed by atoms with Crippen molar-refractivity contribution in [2.75, 3.05) is 0 Å². The maximum atomic E-state index is 5.89. The summed E-state index contributed by atoms with van der Waals surface area (Å²) < 4.78 is 4.32. The van der Waals surface area contributed by atoms with Gasteiger partial charge >= 0.3 is 0 Å². The molecule has 86 valence electrons. The molecule has 0 fully saturated rings. The van der Waals surface area contributed by atoms with Gasteiger partial charge in [-0.2, -0.15) is 0 Å². The van der Waals surface area contributed by atoms with E-state index in [4.69, 9.17) is 5.73 Å². The van der Waals surface area contributed by atoms with E-state index in [1.807, 2.05) is 25.6 Å². The minimum atomic E-state index is 0.100. The highest BCUT2D eigenvalue weighted by molar-refractivity contribution is 5.10. The third kappa shape index (κ3) is 2.52. The van der Waals surface area contributed by atoms with Crippen LogP contribution in [0.5, 0.6) is 0 Å². The molecule has 1 unspecified atom stereocenters. The van der Waals surface area contributed by atoms with Crippen molar-refractivity contribution in [3.8, 4) is 0 Å². The second-order valence-electron chi connectivity index (χ2n) is 4.07. The van der Waals surface area contributed by atoms with Gasteiger partial charge in [0, 0.05) is 43.4 Å². The first-order valence-corrected chi connectivity index (χ1v) is 5.64. The Balaban J connectivity index is 1.87. The highest BCUT2D eigenvalue weighted by atomic mass is 15.0. The van der Waals surface area contributed by atoms with E-state index < -0.39 is 0 Å². The van der Waals surface area contributed by atoms with Crippen LogP contribution in [0.1, 0.15) is 25.1 Å². The highest BCUT2D eigenvalue weighted by Gasteiger charge is 2.04. The van der Waals surface area contributed by atoms with Crippen LogP contribution in [0.2, 0.25) is 0 Å². The van der Waals surface area contributed by atoms with Gasteiger partial charge in [-0.25, -0.2) is 4.98 Å². The molecule has 0 aromatic carbocycles. The molecule has 0 radical (unpaired) electrons. The number of hydrogen-bond acceptors (Lipinski definition) is 2. The van der Waals surface area contributed by atoms with Gasteiger partial charge in [0.2, 0.25) is 0 Å². The van der Waals surface area contributed by atoms with Gasteiger partial charge in [-0.3, -0.25) is 0 Å². The number of nitrogens with zero attached hydrogens (tertiary/aromatic N) is 3. The molecular weight excluding hydrogens is 200 g/mol. The number of rotatable bonds is 5. The SMILES string of the molecule is CC(N)c1cccn1CCCn1ccnc1. The van der Waals surface area contributed by atoms with Crippen LogP contribution in [0.3, 0.4) is 0 Å². The summed E-state index contributed by atoms with van der Waals surface area (Å²) in [5, 5.41) is 0. The van der Waals surface area contributed by atoms with E-state index in [-0.39, 0.29) is 6.04 Å². The molecule has 2 aromatic rings. The first kappa shape index (κ1) is 11.0. The van der Waals surface area contributed by atoms with Crippen LogP contribution in [0.15, 0.2) is 37.1 Å². The lowest BCUT2D eigenvalue weighted by Crippen LogP contribution is -2.12. The molecule has 0 bridgehead atoms. The first-order valence-electron chi connectivity index (χ1n) is 5.64. The number of imidazole rings is 1. The van der Waals surface area contributed by atoms with Crippen LogP contribution in [-0.4, -0.2) is 14.1 Å². The molecule has 0 amide bonds. The normalized spacial score (nSPS) is 12.9. The summed E-state index contributed by atoms with van der Waals surface area (Å²) in [6.45, 7) is 4.01. The molecular formula is C12H18N4. The predicted octanol–water partition coefficient (Wildman–Crippen LogP) is 1.79. The Bertz CT molecular complexity index is 414. The lowest BCUT2D eigenvalue weighted by molar-refractivity contribution is 0.541. The van der Waals surface area contributed by atoms with Gasteiger partial charge in [0.25, 0.3) is 0 Å². The van der Waals surface area contributed by atoms with Crippen molar-refractivity contribution in [2.24, 2.45) is 5.73 Å². The van der Waals surface area contributed by atoms with Crippen LogP contribution in [0, 0.1) is 0 Å². The maximum Gasteiger partial charge on any atom is 0.0945 e.